The Morgan fingerprint density at radius 1 is 0.850 bits per heavy atom. The molecule has 0 saturated carbocycles. The summed E-state index contributed by atoms with van der Waals surface area (Å²) in [5.41, 5.74) is -1.32. The Morgan fingerprint density at radius 2 is 1.45 bits per heavy atom. The van der Waals surface area contributed by atoms with Gasteiger partial charge >= 0.3 is 0 Å². The number of H-pyrrole nitrogens is 1. The van der Waals surface area contributed by atoms with Crippen molar-refractivity contribution < 1.29 is 8.78 Å². The number of halogens is 2. The smallest absolute Gasteiger partial charge is 0.267 e. The van der Waals surface area contributed by atoms with Gasteiger partial charge in [-0.1, -0.05) is 18.2 Å². The molecule has 0 aliphatic rings. The second kappa shape index (κ2) is 4.41. The largest absolute Gasteiger partial charge is 0.280 e. The van der Waals surface area contributed by atoms with E-state index in [-0.39, 0.29) is 0 Å². The van der Waals surface area contributed by atoms with Crippen molar-refractivity contribution in [3.8, 4) is 5.69 Å². The zero-order chi connectivity index (χ0) is 14.3. The molecule has 0 bridgehead atoms. The van der Waals surface area contributed by atoms with Crippen LogP contribution in [-0.2, 0) is 0 Å². The SMILES string of the molecule is O=c1[nH]n(-c2ccccc2)c(=O)c2c(F)ccc(F)c12. The predicted molar refractivity (Wildman–Crippen MR) is 70.1 cm³/mol. The van der Waals surface area contributed by atoms with Crippen molar-refractivity contribution in [2.24, 2.45) is 0 Å². The van der Waals surface area contributed by atoms with Gasteiger partial charge in [-0.2, -0.15) is 0 Å². The molecule has 1 aromatic heterocycles. The first kappa shape index (κ1) is 12.3. The van der Waals surface area contributed by atoms with Gasteiger partial charge in [-0.25, -0.2) is 13.5 Å². The number of para-hydroxylation sites is 1. The van der Waals surface area contributed by atoms with Crippen LogP contribution in [0, 0.1) is 11.6 Å². The lowest BCUT2D eigenvalue weighted by molar-refractivity contribution is 0.612. The number of aromatic amines is 1. The highest BCUT2D eigenvalue weighted by atomic mass is 19.1. The van der Waals surface area contributed by atoms with Gasteiger partial charge in [0.1, 0.15) is 11.6 Å². The van der Waals surface area contributed by atoms with Gasteiger partial charge in [0.2, 0.25) is 0 Å². The fourth-order valence-corrected chi connectivity index (χ4v) is 2.06. The summed E-state index contributed by atoms with van der Waals surface area (Å²) >= 11 is 0. The summed E-state index contributed by atoms with van der Waals surface area (Å²) in [6.45, 7) is 0. The maximum atomic E-state index is 13.8. The number of rotatable bonds is 1. The Bertz CT molecular complexity index is 914. The van der Waals surface area contributed by atoms with Crippen LogP contribution in [0.1, 0.15) is 0 Å². The highest BCUT2D eigenvalue weighted by molar-refractivity contribution is 5.81. The Hall–Kier alpha value is -2.76. The zero-order valence-corrected chi connectivity index (χ0v) is 10.1. The molecule has 0 radical (unpaired) electrons. The van der Waals surface area contributed by atoms with Gasteiger partial charge < -0.3 is 0 Å². The molecule has 0 atom stereocenters. The van der Waals surface area contributed by atoms with Crippen LogP contribution < -0.4 is 11.1 Å². The second-order valence-electron chi connectivity index (χ2n) is 4.20. The highest BCUT2D eigenvalue weighted by Crippen LogP contribution is 2.14. The molecule has 0 fully saturated rings. The summed E-state index contributed by atoms with van der Waals surface area (Å²) in [4.78, 5) is 24.1. The van der Waals surface area contributed by atoms with Gasteiger partial charge in [-0.3, -0.25) is 14.7 Å². The molecule has 1 N–H and O–H groups in total. The normalized spacial score (nSPS) is 10.9. The number of benzene rings is 2. The summed E-state index contributed by atoms with van der Waals surface area (Å²) in [7, 11) is 0. The predicted octanol–water partition coefficient (Wildman–Crippen LogP) is 1.96. The maximum absolute atomic E-state index is 13.8. The molecule has 3 rings (SSSR count). The van der Waals surface area contributed by atoms with E-state index in [2.05, 4.69) is 5.10 Å². The van der Waals surface area contributed by atoms with E-state index in [1.165, 1.54) is 0 Å². The molecule has 4 nitrogen and oxygen atoms in total. The molecule has 0 amide bonds. The first-order chi connectivity index (χ1) is 9.59. The topological polar surface area (TPSA) is 54.9 Å². The second-order valence-corrected chi connectivity index (χ2v) is 4.20. The maximum Gasteiger partial charge on any atom is 0.280 e. The van der Waals surface area contributed by atoms with Crippen LogP contribution >= 0.6 is 0 Å². The molecule has 1 heterocycles. The highest BCUT2D eigenvalue weighted by Gasteiger charge is 2.16. The van der Waals surface area contributed by atoms with E-state index in [9.17, 15) is 18.4 Å². The molecule has 0 unspecified atom stereocenters. The summed E-state index contributed by atoms with van der Waals surface area (Å²) in [6, 6.07) is 9.83. The minimum Gasteiger partial charge on any atom is -0.267 e. The quantitative estimate of drug-likeness (QED) is 0.737. The van der Waals surface area contributed by atoms with Crippen molar-refractivity contribution in [3.05, 3.63) is 74.8 Å². The van der Waals surface area contributed by atoms with Crippen LogP contribution in [0.5, 0.6) is 0 Å². The van der Waals surface area contributed by atoms with E-state index < -0.39 is 33.5 Å². The molecule has 0 aliphatic carbocycles. The number of hydrogen-bond donors (Lipinski definition) is 1. The number of aromatic nitrogens is 2. The molecule has 0 saturated heterocycles. The fraction of sp³-hybridized carbons (Fsp3) is 0. The van der Waals surface area contributed by atoms with Crippen LogP contribution in [0.25, 0.3) is 16.5 Å². The van der Waals surface area contributed by atoms with E-state index in [1.807, 2.05) is 0 Å². The molecule has 100 valence electrons. The number of nitrogens with zero attached hydrogens (tertiary/aromatic N) is 1. The Morgan fingerprint density at radius 3 is 2.10 bits per heavy atom. The molecule has 0 spiro atoms. The molecule has 3 aromatic rings. The molecular formula is C14H8F2N2O2. The Labute approximate surface area is 110 Å². The average Bonchev–Trinajstić information content (AvgIpc) is 2.46. The lowest BCUT2D eigenvalue weighted by Crippen LogP contribution is -2.29. The lowest BCUT2D eigenvalue weighted by Gasteiger charge is -2.07. The van der Waals surface area contributed by atoms with Gasteiger partial charge in [0.05, 0.1) is 16.5 Å². The van der Waals surface area contributed by atoms with Crippen molar-refractivity contribution in [1.29, 1.82) is 0 Å². The van der Waals surface area contributed by atoms with Crippen LogP contribution in [0.2, 0.25) is 0 Å². The van der Waals surface area contributed by atoms with Crippen molar-refractivity contribution in [2.75, 3.05) is 0 Å². The molecule has 20 heavy (non-hydrogen) atoms. The van der Waals surface area contributed by atoms with E-state index in [1.54, 1.807) is 30.3 Å². The zero-order valence-electron chi connectivity index (χ0n) is 10.1. The van der Waals surface area contributed by atoms with Crippen LogP contribution in [0.3, 0.4) is 0 Å². The van der Waals surface area contributed by atoms with E-state index in [0.717, 1.165) is 16.8 Å². The first-order valence-electron chi connectivity index (χ1n) is 5.78. The van der Waals surface area contributed by atoms with Crippen LogP contribution in [0.4, 0.5) is 8.78 Å². The monoisotopic (exact) mass is 274 g/mol. The van der Waals surface area contributed by atoms with Gasteiger partial charge in [-0.05, 0) is 24.3 Å². The Balaban J connectivity index is 2.51. The number of nitrogens with one attached hydrogen (secondary N) is 1. The lowest BCUT2D eigenvalue weighted by atomic mass is 10.1. The summed E-state index contributed by atoms with van der Waals surface area (Å²) < 4.78 is 28.3. The van der Waals surface area contributed by atoms with Gasteiger partial charge in [0.15, 0.2) is 0 Å². The average molecular weight is 274 g/mol. The molecule has 0 aliphatic heterocycles. The van der Waals surface area contributed by atoms with Gasteiger partial charge in [0.25, 0.3) is 11.1 Å². The Kier molecular flexibility index (Phi) is 2.71. The third-order valence-corrected chi connectivity index (χ3v) is 2.98. The summed E-state index contributed by atoms with van der Waals surface area (Å²) in [5, 5.41) is 1.12. The standard InChI is InChI=1S/C14H8F2N2O2/c15-9-6-7-10(16)12-11(9)13(19)17-18(14(12)20)8-4-2-1-3-5-8/h1-7H,(H,17,19). The third-order valence-electron chi connectivity index (χ3n) is 2.98. The third kappa shape index (κ3) is 1.73. The molecular weight excluding hydrogens is 266 g/mol. The van der Waals surface area contributed by atoms with Crippen molar-refractivity contribution in [1.82, 2.24) is 9.78 Å². The van der Waals surface area contributed by atoms with Crippen molar-refractivity contribution >= 4 is 10.8 Å². The number of hydrogen-bond acceptors (Lipinski definition) is 2. The van der Waals surface area contributed by atoms with Crippen molar-refractivity contribution in [2.45, 2.75) is 0 Å². The first-order valence-corrected chi connectivity index (χ1v) is 5.78. The molecule has 6 heteroatoms. The summed E-state index contributed by atoms with van der Waals surface area (Å²) in [5.74, 6) is -1.86. The minimum absolute atomic E-state index is 0.361. The van der Waals surface area contributed by atoms with Crippen LogP contribution in [-0.4, -0.2) is 9.78 Å². The van der Waals surface area contributed by atoms with Crippen molar-refractivity contribution in [3.63, 3.8) is 0 Å². The summed E-state index contributed by atoms with van der Waals surface area (Å²) in [6.07, 6.45) is 0. The van der Waals surface area contributed by atoms with Gasteiger partial charge in [-0.15, -0.1) is 0 Å². The van der Waals surface area contributed by atoms with E-state index in [0.29, 0.717) is 5.69 Å². The van der Waals surface area contributed by atoms with Crippen LogP contribution in [0.15, 0.2) is 52.1 Å². The fourth-order valence-electron chi connectivity index (χ4n) is 2.06. The van der Waals surface area contributed by atoms with E-state index in [4.69, 9.17) is 0 Å². The minimum atomic E-state index is -0.931. The van der Waals surface area contributed by atoms with Gasteiger partial charge in [0, 0.05) is 0 Å². The number of fused-ring (bicyclic) bond motifs is 1. The van der Waals surface area contributed by atoms with E-state index >= 15 is 0 Å². The molecule has 2 aromatic carbocycles.